The van der Waals surface area contributed by atoms with Gasteiger partial charge in [-0.25, -0.2) is 0 Å². The minimum atomic E-state index is 0.449. The van der Waals surface area contributed by atoms with Crippen molar-refractivity contribution in [3.63, 3.8) is 0 Å². The Morgan fingerprint density at radius 2 is 2.14 bits per heavy atom. The van der Waals surface area contributed by atoms with Gasteiger partial charge in [0.2, 0.25) is 0 Å². The third kappa shape index (κ3) is 4.41. The molecular formula is C5H11LiO. The van der Waals surface area contributed by atoms with Gasteiger partial charge in [-0.15, -0.1) is 0 Å². The van der Waals surface area contributed by atoms with Crippen molar-refractivity contribution in [3.8, 4) is 0 Å². The van der Waals surface area contributed by atoms with Gasteiger partial charge in [0.1, 0.15) is 0 Å². The molecule has 0 aromatic carbocycles. The number of rotatable bonds is 3. The first-order chi connectivity index (χ1) is 3.31. The van der Waals surface area contributed by atoms with E-state index in [9.17, 15) is 0 Å². The fraction of sp³-hybridized carbons (Fsp3) is 1.00. The summed E-state index contributed by atoms with van der Waals surface area (Å²) in [6.07, 6.45) is 1.12. The summed E-state index contributed by atoms with van der Waals surface area (Å²) in [5.41, 5.74) is 0. The molecular weight excluding hydrogens is 83.0 g/mol. The second-order valence-electron chi connectivity index (χ2n) is 1.67. The molecule has 0 aromatic rings. The second kappa shape index (κ2) is 4.71. The Bertz CT molecular complexity index is 39.1. The Morgan fingerprint density at radius 3 is 2.29 bits per heavy atom. The van der Waals surface area contributed by atoms with Gasteiger partial charge >= 0.3 is 54.1 Å². The van der Waals surface area contributed by atoms with Crippen LogP contribution in [0.2, 0.25) is 0 Å². The molecule has 1 nitrogen and oxygen atoms in total. The van der Waals surface area contributed by atoms with Crippen LogP contribution in [0.3, 0.4) is 0 Å². The first-order valence-electron chi connectivity index (χ1n) is 2.92. The standard InChI is InChI=1S/C5H11O.Li/c1-3-5-6-4-2;/h5H,3-4H2,1-2H3;. The van der Waals surface area contributed by atoms with Gasteiger partial charge in [-0.05, 0) is 0 Å². The van der Waals surface area contributed by atoms with Crippen molar-refractivity contribution in [3.05, 3.63) is 0 Å². The van der Waals surface area contributed by atoms with Crippen LogP contribution in [0.25, 0.3) is 0 Å². The molecule has 0 aliphatic rings. The SMILES string of the molecule is [Li][CH](CC)OCC. The molecule has 0 aromatic heterocycles. The predicted octanol–water partition coefficient (Wildman–Crippen LogP) is 0.927. The van der Waals surface area contributed by atoms with Gasteiger partial charge < -0.3 is 0 Å². The Labute approximate surface area is 54.6 Å². The summed E-state index contributed by atoms with van der Waals surface area (Å²) < 4.78 is 5.64. The van der Waals surface area contributed by atoms with Crippen molar-refractivity contribution in [1.82, 2.24) is 0 Å². The molecule has 0 bridgehead atoms. The van der Waals surface area contributed by atoms with Crippen molar-refractivity contribution in [1.29, 1.82) is 0 Å². The average molecular weight is 94.1 g/mol. The zero-order valence-corrected chi connectivity index (χ0v) is 5.40. The molecule has 0 rings (SSSR count). The molecule has 0 N–H and O–H groups in total. The van der Waals surface area contributed by atoms with Crippen LogP contribution >= 0.6 is 0 Å². The number of hydrogen-bond acceptors (Lipinski definition) is 1. The summed E-state index contributed by atoms with van der Waals surface area (Å²) in [4.78, 5) is 0. The van der Waals surface area contributed by atoms with Gasteiger partial charge in [-0.3, -0.25) is 0 Å². The number of hydrogen-bond donors (Lipinski definition) is 0. The fourth-order valence-corrected chi connectivity index (χ4v) is 0.402. The van der Waals surface area contributed by atoms with Gasteiger partial charge in [0.15, 0.2) is 0 Å². The van der Waals surface area contributed by atoms with Crippen LogP contribution in [0.1, 0.15) is 20.3 Å². The monoisotopic (exact) mass is 94.1 g/mol. The molecule has 0 aliphatic carbocycles. The van der Waals surface area contributed by atoms with Crippen molar-refractivity contribution >= 4 is 17.7 Å². The van der Waals surface area contributed by atoms with Crippen LogP contribution in [0.5, 0.6) is 0 Å². The Morgan fingerprint density at radius 1 is 1.57 bits per heavy atom. The van der Waals surface area contributed by atoms with E-state index in [0.29, 0.717) is 4.78 Å². The van der Waals surface area contributed by atoms with Crippen molar-refractivity contribution < 1.29 is 4.74 Å². The maximum atomic E-state index is 5.19. The van der Waals surface area contributed by atoms with E-state index >= 15 is 0 Å². The van der Waals surface area contributed by atoms with Crippen molar-refractivity contribution in [2.45, 2.75) is 25.0 Å². The summed E-state index contributed by atoms with van der Waals surface area (Å²) >= 11 is 2.09. The third-order valence-corrected chi connectivity index (χ3v) is 1.03. The molecule has 7 heavy (non-hydrogen) atoms. The van der Waals surface area contributed by atoms with E-state index in [1.165, 1.54) is 0 Å². The molecule has 0 aliphatic heterocycles. The first kappa shape index (κ1) is 7.56. The molecule has 0 amide bonds. The van der Waals surface area contributed by atoms with Gasteiger partial charge in [-0.1, -0.05) is 0 Å². The zero-order valence-electron chi connectivity index (χ0n) is 5.40. The minimum absolute atomic E-state index is 0.449. The molecule has 2 heteroatoms. The van der Waals surface area contributed by atoms with Crippen LogP contribution in [-0.2, 0) is 4.74 Å². The molecule has 0 saturated carbocycles. The van der Waals surface area contributed by atoms with E-state index in [1.807, 2.05) is 6.92 Å². The van der Waals surface area contributed by atoms with E-state index in [0.717, 1.165) is 13.0 Å². The van der Waals surface area contributed by atoms with Gasteiger partial charge in [0.05, 0.1) is 0 Å². The second-order valence-corrected chi connectivity index (χ2v) is 1.67. The van der Waals surface area contributed by atoms with Gasteiger partial charge in [0.25, 0.3) is 0 Å². The topological polar surface area (TPSA) is 9.23 Å². The van der Waals surface area contributed by atoms with Crippen LogP contribution < -0.4 is 0 Å². The molecule has 1 unspecified atom stereocenters. The average Bonchev–Trinajstić information content (AvgIpc) is 1.68. The summed E-state index contributed by atoms with van der Waals surface area (Å²) in [5, 5.41) is 0. The van der Waals surface area contributed by atoms with Crippen molar-refractivity contribution in [2.75, 3.05) is 6.61 Å². The quantitative estimate of drug-likeness (QED) is 0.472. The Balaban J connectivity index is 2.83. The van der Waals surface area contributed by atoms with Crippen molar-refractivity contribution in [2.24, 2.45) is 0 Å². The molecule has 38 valence electrons. The van der Waals surface area contributed by atoms with Gasteiger partial charge in [-0.2, -0.15) is 0 Å². The van der Waals surface area contributed by atoms with Crippen LogP contribution in [-0.4, -0.2) is 29.1 Å². The predicted molar refractivity (Wildman–Crippen MR) is 31.5 cm³/mol. The van der Waals surface area contributed by atoms with E-state index in [4.69, 9.17) is 4.74 Å². The molecule has 0 radical (unpaired) electrons. The molecule has 0 saturated heterocycles. The summed E-state index contributed by atoms with van der Waals surface area (Å²) in [5.74, 6) is 0. The zero-order chi connectivity index (χ0) is 5.70. The van der Waals surface area contributed by atoms with E-state index in [1.54, 1.807) is 0 Å². The Hall–Kier alpha value is 0.557. The van der Waals surface area contributed by atoms with E-state index in [2.05, 4.69) is 24.6 Å². The fourth-order valence-electron chi connectivity index (χ4n) is 0.402. The van der Waals surface area contributed by atoms with Gasteiger partial charge in [0, 0.05) is 0 Å². The summed E-state index contributed by atoms with van der Waals surface area (Å²) in [7, 11) is 0. The molecule has 0 fully saturated rings. The van der Waals surface area contributed by atoms with Crippen LogP contribution in [0, 0.1) is 0 Å². The van der Waals surface area contributed by atoms with Crippen LogP contribution in [0.4, 0.5) is 0 Å². The third-order valence-electron chi connectivity index (χ3n) is 1.03. The maximum absolute atomic E-state index is 5.19. The molecule has 0 heterocycles. The molecule has 0 spiro atoms. The van der Waals surface area contributed by atoms with E-state index < -0.39 is 0 Å². The molecule has 1 atom stereocenters. The summed E-state index contributed by atoms with van der Waals surface area (Å²) in [6, 6.07) is 0. The van der Waals surface area contributed by atoms with Crippen LogP contribution in [0.15, 0.2) is 0 Å². The summed E-state index contributed by atoms with van der Waals surface area (Å²) in [6.45, 7) is 4.99. The number of ether oxygens (including phenoxy) is 1. The normalized spacial score (nSPS) is 14.3. The Kier molecular flexibility index (Phi) is 5.08. The first-order valence-corrected chi connectivity index (χ1v) is 2.92. The van der Waals surface area contributed by atoms with E-state index in [-0.39, 0.29) is 0 Å².